The number of allylic oxidation sites excluding steroid dienone is 2. The van der Waals surface area contributed by atoms with E-state index in [2.05, 4.69) is 0 Å². The molecule has 2 amide bonds. The Balaban J connectivity index is 1.53. The molecule has 1 heterocycles. The summed E-state index contributed by atoms with van der Waals surface area (Å²) in [7, 11) is 0. The van der Waals surface area contributed by atoms with Crippen molar-refractivity contribution in [2.75, 3.05) is 6.61 Å². The van der Waals surface area contributed by atoms with Gasteiger partial charge in [0.1, 0.15) is 5.75 Å². The van der Waals surface area contributed by atoms with Gasteiger partial charge in [-0.05, 0) is 57.1 Å². The van der Waals surface area contributed by atoms with E-state index in [0.717, 1.165) is 54.4 Å². The number of benzene rings is 1. The monoisotopic (exact) mass is 481 g/mol. The molecule has 0 radical (unpaired) electrons. The van der Waals surface area contributed by atoms with Crippen LogP contribution < -0.4 is 0 Å². The Labute approximate surface area is 208 Å². The quantitative estimate of drug-likeness (QED) is 0.373. The zero-order valence-electron chi connectivity index (χ0n) is 20.9. The zero-order chi connectivity index (χ0) is 25.1. The van der Waals surface area contributed by atoms with Crippen molar-refractivity contribution in [3.8, 4) is 5.75 Å². The van der Waals surface area contributed by atoms with Crippen molar-refractivity contribution in [2.24, 2.45) is 17.8 Å². The van der Waals surface area contributed by atoms with E-state index in [1.54, 1.807) is 12.1 Å². The van der Waals surface area contributed by atoms with Gasteiger partial charge in [0.15, 0.2) is 0 Å². The van der Waals surface area contributed by atoms with Crippen LogP contribution in [-0.2, 0) is 9.59 Å². The van der Waals surface area contributed by atoms with Crippen molar-refractivity contribution in [1.82, 2.24) is 4.90 Å². The Morgan fingerprint density at radius 3 is 2.51 bits per heavy atom. The minimum Gasteiger partial charge on any atom is -0.507 e. The number of nitrogens with zero attached hydrogens (tertiary/aromatic N) is 1. The molecule has 1 aliphatic heterocycles. The molecule has 1 aromatic rings. The van der Waals surface area contributed by atoms with Gasteiger partial charge in [0.25, 0.3) is 0 Å². The number of carbonyl (C=O) groups is 2. The molecule has 6 nitrogen and oxygen atoms in total. The van der Waals surface area contributed by atoms with E-state index < -0.39 is 23.9 Å². The largest absolute Gasteiger partial charge is 0.507 e. The highest BCUT2D eigenvalue weighted by Crippen LogP contribution is 2.48. The Kier molecular flexibility index (Phi) is 8.12. The second kappa shape index (κ2) is 11.1. The molecule has 1 aromatic carbocycles. The maximum Gasteiger partial charge on any atom is 0.234 e. The summed E-state index contributed by atoms with van der Waals surface area (Å²) in [5.41, 5.74) is 3.53. The van der Waals surface area contributed by atoms with E-state index >= 15 is 0 Å². The van der Waals surface area contributed by atoms with Crippen LogP contribution in [0.4, 0.5) is 0 Å². The maximum atomic E-state index is 13.5. The van der Waals surface area contributed by atoms with E-state index in [0.29, 0.717) is 25.7 Å². The van der Waals surface area contributed by atoms with Crippen molar-refractivity contribution in [2.45, 2.75) is 83.8 Å². The average Bonchev–Trinajstić information content (AvgIpc) is 3.12. The molecule has 4 atom stereocenters. The number of amides is 2. The number of hydrogen-bond donors (Lipinski definition) is 3. The van der Waals surface area contributed by atoms with Gasteiger partial charge in [-0.3, -0.25) is 14.5 Å². The van der Waals surface area contributed by atoms with Crippen molar-refractivity contribution < 1.29 is 24.9 Å². The number of rotatable bonds is 8. The molecular weight excluding hydrogens is 442 g/mol. The Morgan fingerprint density at radius 2 is 1.86 bits per heavy atom. The summed E-state index contributed by atoms with van der Waals surface area (Å²) < 4.78 is 0. The van der Waals surface area contributed by atoms with E-state index in [4.69, 9.17) is 0 Å². The number of hydrogen-bond acceptors (Lipinski definition) is 5. The van der Waals surface area contributed by atoms with Gasteiger partial charge in [-0.2, -0.15) is 0 Å². The average molecular weight is 482 g/mol. The molecule has 1 saturated heterocycles. The van der Waals surface area contributed by atoms with Crippen LogP contribution in [0.25, 0.3) is 6.08 Å². The van der Waals surface area contributed by atoms with Crippen molar-refractivity contribution in [3.63, 3.8) is 0 Å². The molecule has 0 unspecified atom stereocenters. The van der Waals surface area contributed by atoms with Crippen LogP contribution in [0, 0.1) is 17.8 Å². The smallest absolute Gasteiger partial charge is 0.234 e. The highest BCUT2D eigenvalue weighted by molar-refractivity contribution is 6.06. The molecule has 190 valence electrons. The molecule has 35 heavy (non-hydrogen) atoms. The lowest BCUT2D eigenvalue weighted by Crippen LogP contribution is -2.42. The number of para-hydroxylation sites is 1. The number of likely N-dealkylation sites (tertiary alicyclic amines) is 1. The molecule has 3 aliphatic rings. The van der Waals surface area contributed by atoms with Crippen LogP contribution in [0.1, 0.15) is 77.2 Å². The minimum absolute atomic E-state index is 0.0191. The predicted molar refractivity (Wildman–Crippen MR) is 135 cm³/mol. The van der Waals surface area contributed by atoms with Gasteiger partial charge in [-0.25, -0.2) is 0 Å². The molecule has 2 aliphatic carbocycles. The summed E-state index contributed by atoms with van der Waals surface area (Å²) in [5.74, 6) is -1.53. The van der Waals surface area contributed by atoms with Crippen LogP contribution >= 0.6 is 0 Å². The van der Waals surface area contributed by atoms with Crippen LogP contribution in [0.2, 0.25) is 0 Å². The highest BCUT2D eigenvalue weighted by Gasteiger charge is 2.56. The number of phenols is 1. The first-order valence-electron chi connectivity index (χ1n) is 13.2. The molecule has 3 N–H and O–H groups in total. The third kappa shape index (κ3) is 5.10. The number of fused-ring (bicyclic) bond motifs is 1. The lowest BCUT2D eigenvalue weighted by molar-refractivity contribution is -0.143. The fourth-order valence-electron chi connectivity index (χ4n) is 6.49. The molecule has 0 aromatic heterocycles. The Hall–Kier alpha value is -2.44. The lowest BCUT2D eigenvalue weighted by atomic mass is 9.67. The number of imide groups is 1. The SMILES string of the molecule is CCC1=C([C@H](O)CC/C(C)=C/c2ccccc2O)[C@H](CO)[C@@H]2C(=O)N(C3CCCCC3)C(=O)[C@@H]2C1. The van der Waals surface area contributed by atoms with E-state index in [9.17, 15) is 24.9 Å². The normalized spacial score (nSPS) is 26.9. The lowest BCUT2D eigenvalue weighted by Gasteiger charge is -2.36. The second-order valence-corrected chi connectivity index (χ2v) is 10.5. The van der Waals surface area contributed by atoms with Crippen molar-refractivity contribution in [3.05, 3.63) is 46.5 Å². The van der Waals surface area contributed by atoms with Crippen LogP contribution in [0.5, 0.6) is 5.75 Å². The molecule has 1 saturated carbocycles. The van der Waals surface area contributed by atoms with Crippen molar-refractivity contribution >= 4 is 17.9 Å². The molecular formula is C29H39NO5. The predicted octanol–water partition coefficient (Wildman–Crippen LogP) is 4.59. The first-order chi connectivity index (χ1) is 16.9. The first kappa shape index (κ1) is 25.6. The molecule has 0 spiro atoms. The summed E-state index contributed by atoms with van der Waals surface area (Å²) >= 11 is 0. The number of phenolic OH excluding ortho intramolecular Hbond substituents is 1. The molecule has 0 bridgehead atoms. The van der Waals surface area contributed by atoms with Crippen LogP contribution in [0.15, 0.2) is 41.0 Å². The molecule has 4 rings (SSSR count). The van der Waals surface area contributed by atoms with Gasteiger partial charge in [0, 0.05) is 17.5 Å². The highest BCUT2D eigenvalue weighted by atomic mass is 16.3. The summed E-state index contributed by atoms with van der Waals surface area (Å²) in [6.45, 7) is 3.73. The fraction of sp³-hybridized carbons (Fsp3) is 0.586. The van der Waals surface area contributed by atoms with Gasteiger partial charge in [0.2, 0.25) is 11.8 Å². The second-order valence-electron chi connectivity index (χ2n) is 10.5. The third-order valence-electron chi connectivity index (χ3n) is 8.29. The van der Waals surface area contributed by atoms with Crippen molar-refractivity contribution in [1.29, 1.82) is 0 Å². The maximum absolute atomic E-state index is 13.5. The third-order valence-corrected chi connectivity index (χ3v) is 8.29. The summed E-state index contributed by atoms with van der Waals surface area (Å²) in [4.78, 5) is 28.4. The Morgan fingerprint density at radius 1 is 1.14 bits per heavy atom. The van der Waals surface area contributed by atoms with E-state index in [1.165, 1.54) is 4.90 Å². The summed E-state index contributed by atoms with van der Waals surface area (Å²) in [5, 5.41) is 31.7. The van der Waals surface area contributed by atoms with E-state index in [-0.39, 0.29) is 30.2 Å². The topological polar surface area (TPSA) is 98.1 Å². The molecule has 2 fully saturated rings. The fourth-order valence-corrected chi connectivity index (χ4v) is 6.49. The van der Waals surface area contributed by atoms with E-state index in [1.807, 2.05) is 32.1 Å². The zero-order valence-corrected chi connectivity index (χ0v) is 20.9. The van der Waals surface area contributed by atoms with Crippen LogP contribution in [0.3, 0.4) is 0 Å². The number of aliphatic hydroxyl groups is 2. The number of aliphatic hydroxyl groups excluding tert-OH is 2. The number of aromatic hydroxyl groups is 1. The van der Waals surface area contributed by atoms with Gasteiger partial charge < -0.3 is 15.3 Å². The van der Waals surface area contributed by atoms with Gasteiger partial charge in [-0.15, -0.1) is 0 Å². The van der Waals surface area contributed by atoms with Gasteiger partial charge in [0.05, 0.1) is 24.5 Å². The van der Waals surface area contributed by atoms with Gasteiger partial charge >= 0.3 is 0 Å². The number of carbonyl (C=O) groups excluding carboxylic acids is 2. The standard InChI is InChI=1S/C29H39NO5/c1-3-19-16-22-27(29(35)30(28(22)34)21-10-5-4-6-11-21)23(17-31)26(19)25(33)14-13-18(2)15-20-9-7-8-12-24(20)32/h7-9,12,15,21-23,25,27,31-33H,3-6,10-11,13-14,16-17H2,1-2H3/b18-15+/t22-,23+,25-,27-/m1/s1. The summed E-state index contributed by atoms with van der Waals surface area (Å²) in [6, 6.07) is 7.12. The van der Waals surface area contributed by atoms with Gasteiger partial charge in [-0.1, -0.05) is 61.6 Å². The molecule has 6 heteroatoms. The van der Waals surface area contributed by atoms with Crippen LogP contribution in [-0.4, -0.2) is 50.8 Å². The Bertz CT molecular complexity index is 1010. The first-order valence-corrected chi connectivity index (χ1v) is 13.2. The minimum atomic E-state index is -0.789. The summed E-state index contributed by atoms with van der Waals surface area (Å²) in [6.07, 6.45) is 8.33.